The molecule has 2 heterocycles. The summed E-state index contributed by atoms with van der Waals surface area (Å²) in [6.45, 7) is 2.85. The summed E-state index contributed by atoms with van der Waals surface area (Å²) in [6.07, 6.45) is 3.89. The third-order valence-electron chi connectivity index (χ3n) is 4.57. The van der Waals surface area contributed by atoms with Gasteiger partial charge in [0, 0.05) is 31.6 Å². The second-order valence-corrected chi connectivity index (χ2v) is 6.17. The maximum Gasteiger partial charge on any atom is 0.221 e. The van der Waals surface area contributed by atoms with E-state index in [0.29, 0.717) is 12.5 Å². The highest BCUT2D eigenvalue weighted by atomic mass is 35.5. The van der Waals surface area contributed by atoms with Gasteiger partial charge < -0.3 is 20.3 Å². The van der Waals surface area contributed by atoms with Crippen LogP contribution in [0.4, 0.5) is 5.69 Å². The molecule has 2 atom stereocenters. The number of nitrogens with zero attached hydrogens (tertiary/aromatic N) is 1. The molecule has 3 rings (SSSR count). The van der Waals surface area contributed by atoms with Crippen molar-refractivity contribution in [2.24, 2.45) is 0 Å². The summed E-state index contributed by atoms with van der Waals surface area (Å²) in [5.41, 5.74) is 1.11. The summed E-state index contributed by atoms with van der Waals surface area (Å²) in [4.78, 5) is 14.4. The van der Waals surface area contributed by atoms with Gasteiger partial charge in [-0.25, -0.2) is 0 Å². The topological polar surface area (TPSA) is 53.6 Å². The van der Waals surface area contributed by atoms with Crippen molar-refractivity contribution < 1.29 is 9.53 Å². The second kappa shape index (κ2) is 9.97. The quantitative estimate of drug-likeness (QED) is 0.829. The van der Waals surface area contributed by atoms with Gasteiger partial charge in [-0.05, 0) is 37.9 Å². The van der Waals surface area contributed by atoms with Crippen molar-refractivity contribution in [3.63, 3.8) is 0 Å². The van der Waals surface area contributed by atoms with Gasteiger partial charge in [0.2, 0.25) is 5.91 Å². The third kappa shape index (κ3) is 5.16. The molecule has 0 spiro atoms. The van der Waals surface area contributed by atoms with Crippen molar-refractivity contribution in [3.05, 3.63) is 24.3 Å². The van der Waals surface area contributed by atoms with E-state index in [1.54, 1.807) is 7.11 Å². The lowest BCUT2D eigenvalue weighted by molar-refractivity contribution is -0.122. The van der Waals surface area contributed by atoms with Gasteiger partial charge in [0.15, 0.2) is 0 Å². The molecule has 0 radical (unpaired) electrons. The molecule has 2 N–H and O–H groups in total. The molecule has 1 aromatic rings. The molecule has 2 unspecified atom stereocenters. The second-order valence-electron chi connectivity index (χ2n) is 6.17. The van der Waals surface area contributed by atoms with E-state index in [4.69, 9.17) is 4.74 Å². The Hall–Kier alpha value is -1.17. The van der Waals surface area contributed by atoms with Gasteiger partial charge in [0.25, 0.3) is 0 Å². The fourth-order valence-corrected chi connectivity index (χ4v) is 3.43. The molecule has 0 aliphatic carbocycles. The summed E-state index contributed by atoms with van der Waals surface area (Å²) in [7, 11) is 1.70. The van der Waals surface area contributed by atoms with E-state index in [1.807, 2.05) is 18.2 Å². The predicted octanol–water partition coefficient (Wildman–Crippen LogP) is 2.38. The molecular formula is C17H27Cl2N3O2. The lowest BCUT2D eigenvalue weighted by Gasteiger charge is -2.21. The zero-order chi connectivity index (χ0) is 15.4. The number of hydrogen-bond acceptors (Lipinski definition) is 4. The van der Waals surface area contributed by atoms with Crippen LogP contribution >= 0.6 is 24.8 Å². The molecule has 2 aliphatic heterocycles. The maximum atomic E-state index is 12.1. The molecule has 2 aliphatic rings. The minimum absolute atomic E-state index is 0. The first-order valence-corrected chi connectivity index (χ1v) is 8.17. The van der Waals surface area contributed by atoms with E-state index < -0.39 is 0 Å². The predicted molar refractivity (Wildman–Crippen MR) is 102 cm³/mol. The Kier molecular flexibility index (Phi) is 8.67. The number of methoxy groups -OCH3 is 1. The lowest BCUT2D eigenvalue weighted by atomic mass is 10.1. The smallest absolute Gasteiger partial charge is 0.221 e. The number of halogens is 2. The lowest BCUT2D eigenvalue weighted by Crippen LogP contribution is -2.39. The average molecular weight is 376 g/mol. The van der Waals surface area contributed by atoms with Crippen LogP contribution in [-0.4, -0.2) is 44.7 Å². The molecule has 5 nitrogen and oxygen atoms in total. The highest BCUT2D eigenvalue weighted by Crippen LogP contribution is 2.30. The van der Waals surface area contributed by atoms with Crippen molar-refractivity contribution in [2.75, 3.05) is 31.6 Å². The Morgan fingerprint density at radius 3 is 2.83 bits per heavy atom. The van der Waals surface area contributed by atoms with Crippen LogP contribution in [0.2, 0.25) is 0 Å². The van der Waals surface area contributed by atoms with E-state index in [1.165, 1.54) is 6.42 Å². The molecule has 2 fully saturated rings. The number of carbonyl (C=O) groups excluding carboxylic acids is 1. The highest BCUT2D eigenvalue weighted by molar-refractivity contribution is 5.85. The maximum absolute atomic E-state index is 12.1. The monoisotopic (exact) mass is 375 g/mol. The van der Waals surface area contributed by atoms with E-state index in [9.17, 15) is 4.79 Å². The van der Waals surface area contributed by atoms with Gasteiger partial charge in [0.1, 0.15) is 5.75 Å². The van der Waals surface area contributed by atoms with Crippen LogP contribution in [0.25, 0.3) is 0 Å². The average Bonchev–Trinajstić information content (AvgIpc) is 3.19. The number of anilines is 1. The number of nitrogens with one attached hydrogen (secondary N) is 2. The van der Waals surface area contributed by atoms with Crippen LogP contribution in [-0.2, 0) is 4.79 Å². The van der Waals surface area contributed by atoms with Crippen molar-refractivity contribution in [2.45, 2.75) is 37.8 Å². The van der Waals surface area contributed by atoms with Crippen LogP contribution < -0.4 is 20.3 Å². The van der Waals surface area contributed by atoms with Crippen LogP contribution in [0, 0.1) is 0 Å². The largest absolute Gasteiger partial charge is 0.495 e. The zero-order valence-corrected chi connectivity index (χ0v) is 15.6. The molecule has 0 bridgehead atoms. The van der Waals surface area contributed by atoms with Gasteiger partial charge in [-0.2, -0.15) is 0 Å². The van der Waals surface area contributed by atoms with Gasteiger partial charge in [-0.15, -0.1) is 24.8 Å². The van der Waals surface area contributed by atoms with Crippen LogP contribution in [0.15, 0.2) is 24.3 Å². The van der Waals surface area contributed by atoms with Crippen molar-refractivity contribution in [3.8, 4) is 5.75 Å². The number of rotatable bonds is 5. The molecule has 1 amide bonds. The first-order chi connectivity index (χ1) is 10.8. The zero-order valence-electron chi connectivity index (χ0n) is 14.0. The Morgan fingerprint density at radius 2 is 2.12 bits per heavy atom. The first kappa shape index (κ1) is 20.9. The minimum atomic E-state index is 0. The molecule has 0 saturated carbocycles. The number of benzene rings is 1. The van der Waals surface area contributed by atoms with Crippen molar-refractivity contribution in [1.82, 2.24) is 10.6 Å². The Balaban J connectivity index is 0.00000144. The number of carbonyl (C=O) groups is 1. The minimum Gasteiger partial charge on any atom is -0.495 e. The van der Waals surface area contributed by atoms with E-state index in [0.717, 1.165) is 43.9 Å². The third-order valence-corrected chi connectivity index (χ3v) is 4.57. The van der Waals surface area contributed by atoms with Gasteiger partial charge in [-0.3, -0.25) is 4.79 Å². The SMILES string of the molecule is COc1ccccc1N1CCC(NC(=O)CC2CCCN2)C1.Cl.Cl. The number of amides is 1. The van der Waals surface area contributed by atoms with Gasteiger partial charge in [0.05, 0.1) is 12.8 Å². The Morgan fingerprint density at radius 1 is 1.33 bits per heavy atom. The molecule has 0 aromatic heterocycles. The van der Waals surface area contributed by atoms with Crippen molar-refractivity contribution in [1.29, 1.82) is 0 Å². The summed E-state index contributed by atoms with van der Waals surface area (Å²) in [6, 6.07) is 8.66. The summed E-state index contributed by atoms with van der Waals surface area (Å²) < 4.78 is 5.43. The molecule has 136 valence electrons. The fraction of sp³-hybridized carbons (Fsp3) is 0.588. The van der Waals surface area contributed by atoms with E-state index in [-0.39, 0.29) is 36.8 Å². The molecular weight excluding hydrogens is 349 g/mol. The van der Waals surface area contributed by atoms with E-state index in [2.05, 4.69) is 21.6 Å². The fourth-order valence-electron chi connectivity index (χ4n) is 3.43. The number of ether oxygens (including phenoxy) is 1. The number of para-hydroxylation sites is 2. The van der Waals surface area contributed by atoms with Gasteiger partial charge >= 0.3 is 0 Å². The highest BCUT2D eigenvalue weighted by Gasteiger charge is 2.26. The van der Waals surface area contributed by atoms with Gasteiger partial charge in [-0.1, -0.05) is 12.1 Å². The Bertz CT molecular complexity index is 524. The Labute approximate surface area is 156 Å². The van der Waals surface area contributed by atoms with Crippen LogP contribution in [0.1, 0.15) is 25.7 Å². The van der Waals surface area contributed by atoms with Crippen LogP contribution in [0.5, 0.6) is 5.75 Å². The summed E-state index contributed by atoms with van der Waals surface area (Å²) in [5, 5.41) is 6.56. The molecule has 7 heteroatoms. The first-order valence-electron chi connectivity index (χ1n) is 8.17. The number of hydrogen-bond donors (Lipinski definition) is 2. The van der Waals surface area contributed by atoms with E-state index >= 15 is 0 Å². The van der Waals surface area contributed by atoms with Crippen LogP contribution in [0.3, 0.4) is 0 Å². The molecule has 1 aromatic carbocycles. The molecule has 24 heavy (non-hydrogen) atoms. The standard InChI is InChI=1S/C17H25N3O2.2ClH/c1-22-16-7-3-2-6-15(16)20-10-8-14(12-20)19-17(21)11-13-5-4-9-18-13;;/h2-3,6-7,13-14,18H,4-5,8-12H2,1H3,(H,19,21);2*1H. The normalized spacial score (nSPS) is 22.5. The summed E-state index contributed by atoms with van der Waals surface area (Å²) in [5.74, 6) is 1.07. The van der Waals surface area contributed by atoms with Crippen molar-refractivity contribution >= 4 is 36.4 Å². The molecule has 2 saturated heterocycles. The summed E-state index contributed by atoms with van der Waals surface area (Å²) >= 11 is 0.